The molecule has 20 heavy (non-hydrogen) atoms. The summed E-state index contributed by atoms with van der Waals surface area (Å²) in [6.45, 7) is 2.77. The van der Waals surface area contributed by atoms with Crippen LogP contribution in [-0.4, -0.2) is 24.4 Å². The minimum Gasteiger partial charge on any atom is -0.366 e. The van der Waals surface area contributed by atoms with E-state index in [0.717, 1.165) is 12.6 Å². The summed E-state index contributed by atoms with van der Waals surface area (Å²) in [5, 5.41) is 5.80. The minimum absolute atomic E-state index is 0.00233. The largest absolute Gasteiger partial charge is 0.366 e. The predicted octanol–water partition coefficient (Wildman–Crippen LogP) is 1.25. The van der Waals surface area contributed by atoms with Gasteiger partial charge in [-0.25, -0.2) is 4.39 Å². The van der Waals surface area contributed by atoms with E-state index >= 15 is 0 Å². The van der Waals surface area contributed by atoms with Crippen molar-refractivity contribution in [3.05, 3.63) is 29.6 Å². The van der Waals surface area contributed by atoms with Crippen molar-refractivity contribution in [2.24, 2.45) is 11.7 Å². The number of amides is 2. The monoisotopic (exact) mass is 279 g/mol. The second-order valence-corrected chi connectivity index (χ2v) is 5.12. The molecule has 1 aliphatic rings. The Morgan fingerprint density at radius 2 is 2.20 bits per heavy atom. The molecule has 1 aromatic rings. The SMILES string of the molecule is C[C@H]1C[C@@H](C(=O)Nc2cc(C(N)=O)ccc2F)CCN1. The molecule has 6 heteroatoms. The number of anilines is 1. The highest BCUT2D eigenvalue weighted by Gasteiger charge is 2.25. The van der Waals surface area contributed by atoms with Gasteiger partial charge in [-0.15, -0.1) is 0 Å². The van der Waals surface area contributed by atoms with Crippen molar-refractivity contribution in [2.75, 3.05) is 11.9 Å². The third-order valence-electron chi connectivity index (χ3n) is 3.50. The Balaban J connectivity index is 2.10. The van der Waals surface area contributed by atoms with Gasteiger partial charge in [0.15, 0.2) is 0 Å². The van der Waals surface area contributed by atoms with Gasteiger partial charge >= 0.3 is 0 Å². The summed E-state index contributed by atoms with van der Waals surface area (Å²) in [5.41, 5.74) is 5.31. The molecular formula is C14H18FN3O2. The van der Waals surface area contributed by atoms with Crippen molar-refractivity contribution in [3.8, 4) is 0 Å². The summed E-state index contributed by atoms with van der Waals surface area (Å²) in [6, 6.07) is 3.95. The molecule has 0 radical (unpaired) electrons. The van der Waals surface area contributed by atoms with E-state index in [1.54, 1.807) is 0 Å². The Kier molecular flexibility index (Phi) is 4.34. The number of hydrogen-bond donors (Lipinski definition) is 3. The van der Waals surface area contributed by atoms with Gasteiger partial charge in [-0.05, 0) is 44.5 Å². The van der Waals surface area contributed by atoms with E-state index in [-0.39, 0.29) is 29.1 Å². The van der Waals surface area contributed by atoms with Gasteiger partial charge in [-0.3, -0.25) is 9.59 Å². The summed E-state index contributed by atoms with van der Waals surface area (Å²) in [6.07, 6.45) is 1.43. The van der Waals surface area contributed by atoms with Crippen molar-refractivity contribution in [1.82, 2.24) is 5.32 Å². The van der Waals surface area contributed by atoms with E-state index < -0.39 is 11.7 Å². The van der Waals surface area contributed by atoms with Crippen LogP contribution in [-0.2, 0) is 4.79 Å². The first-order valence-electron chi connectivity index (χ1n) is 6.61. The molecule has 0 aromatic heterocycles. The molecule has 0 spiro atoms. The Morgan fingerprint density at radius 1 is 1.45 bits per heavy atom. The van der Waals surface area contributed by atoms with Crippen LogP contribution >= 0.6 is 0 Å². The maximum atomic E-state index is 13.7. The summed E-state index contributed by atoms with van der Waals surface area (Å²) >= 11 is 0. The molecule has 1 aliphatic heterocycles. The molecule has 2 rings (SSSR count). The number of piperidine rings is 1. The van der Waals surface area contributed by atoms with Gasteiger partial charge < -0.3 is 16.4 Å². The van der Waals surface area contributed by atoms with E-state index in [1.807, 2.05) is 6.92 Å². The van der Waals surface area contributed by atoms with Crippen LogP contribution in [0.1, 0.15) is 30.1 Å². The number of primary amides is 1. The van der Waals surface area contributed by atoms with E-state index in [0.29, 0.717) is 12.8 Å². The number of carbonyl (C=O) groups excluding carboxylic acids is 2. The van der Waals surface area contributed by atoms with E-state index in [1.165, 1.54) is 12.1 Å². The zero-order valence-electron chi connectivity index (χ0n) is 11.3. The Labute approximate surface area is 116 Å². The van der Waals surface area contributed by atoms with Crippen LogP contribution in [0.2, 0.25) is 0 Å². The van der Waals surface area contributed by atoms with Crippen LogP contribution in [0.25, 0.3) is 0 Å². The van der Waals surface area contributed by atoms with Crippen molar-refractivity contribution in [2.45, 2.75) is 25.8 Å². The van der Waals surface area contributed by atoms with Crippen LogP contribution in [0.5, 0.6) is 0 Å². The highest BCUT2D eigenvalue weighted by molar-refractivity contribution is 5.97. The molecular weight excluding hydrogens is 261 g/mol. The topological polar surface area (TPSA) is 84.2 Å². The molecule has 108 valence electrons. The van der Waals surface area contributed by atoms with Crippen molar-refractivity contribution >= 4 is 17.5 Å². The number of nitrogens with two attached hydrogens (primary N) is 1. The molecule has 0 saturated carbocycles. The number of rotatable bonds is 3. The second-order valence-electron chi connectivity index (χ2n) is 5.12. The average molecular weight is 279 g/mol. The molecule has 0 aliphatic carbocycles. The zero-order valence-corrected chi connectivity index (χ0v) is 11.3. The third-order valence-corrected chi connectivity index (χ3v) is 3.50. The predicted molar refractivity (Wildman–Crippen MR) is 73.7 cm³/mol. The van der Waals surface area contributed by atoms with Crippen molar-refractivity contribution < 1.29 is 14.0 Å². The van der Waals surface area contributed by atoms with Crippen LogP contribution in [0.15, 0.2) is 18.2 Å². The summed E-state index contributed by atoms with van der Waals surface area (Å²) in [5.74, 6) is -1.61. The lowest BCUT2D eigenvalue weighted by atomic mass is 9.92. The van der Waals surface area contributed by atoms with Gasteiger partial charge in [0, 0.05) is 17.5 Å². The standard InChI is InChI=1S/C14H18FN3O2/c1-8-6-10(4-5-17-8)14(20)18-12-7-9(13(16)19)2-3-11(12)15/h2-3,7-8,10,17H,4-6H2,1H3,(H2,16,19)(H,18,20)/t8-,10-/m0/s1. The Hall–Kier alpha value is -1.95. The van der Waals surface area contributed by atoms with Crippen LogP contribution in [0.3, 0.4) is 0 Å². The van der Waals surface area contributed by atoms with Crippen LogP contribution < -0.4 is 16.4 Å². The fourth-order valence-corrected chi connectivity index (χ4v) is 2.38. The lowest BCUT2D eigenvalue weighted by Crippen LogP contribution is -2.40. The Morgan fingerprint density at radius 3 is 2.85 bits per heavy atom. The average Bonchev–Trinajstić information content (AvgIpc) is 2.41. The van der Waals surface area contributed by atoms with E-state index in [4.69, 9.17) is 5.73 Å². The normalized spacial score (nSPS) is 22.3. The van der Waals surface area contributed by atoms with E-state index in [9.17, 15) is 14.0 Å². The molecule has 0 unspecified atom stereocenters. The molecule has 1 fully saturated rings. The maximum absolute atomic E-state index is 13.7. The number of nitrogens with one attached hydrogen (secondary N) is 2. The summed E-state index contributed by atoms with van der Waals surface area (Å²) in [4.78, 5) is 23.2. The number of halogens is 1. The maximum Gasteiger partial charge on any atom is 0.248 e. The molecule has 1 aromatic carbocycles. The molecule has 4 N–H and O–H groups in total. The van der Waals surface area contributed by atoms with Gasteiger partial charge in [-0.2, -0.15) is 0 Å². The fraction of sp³-hybridized carbons (Fsp3) is 0.429. The first-order valence-corrected chi connectivity index (χ1v) is 6.61. The lowest BCUT2D eigenvalue weighted by molar-refractivity contribution is -0.120. The van der Waals surface area contributed by atoms with Crippen LogP contribution in [0.4, 0.5) is 10.1 Å². The molecule has 5 nitrogen and oxygen atoms in total. The molecule has 2 amide bonds. The minimum atomic E-state index is -0.656. The fourth-order valence-electron chi connectivity index (χ4n) is 2.38. The summed E-state index contributed by atoms with van der Waals surface area (Å²) < 4.78 is 13.7. The third kappa shape index (κ3) is 3.33. The lowest BCUT2D eigenvalue weighted by Gasteiger charge is -2.27. The molecule has 1 heterocycles. The van der Waals surface area contributed by atoms with Gasteiger partial charge in [0.1, 0.15) is 5.82 Å². The number of hydrogen-bond acceptors (Lipinski definition) is 3. The number of benzene rings is 1. The molecule has 1 saturated heterocycles. The van der Waals surface area contributed by atoms with Gasteiger partial charge in [-0.1, -0.05) is 0 Å². The molecule has 2 atom stereocenters. The van der Waals surface area contributed by atoms with Crippen LogP contribution in [0, 0.1) is 11.7 Å². The highest BCUT2D eigenvalue weighted by atomic mass is 19.1. The smallest absolute Gasteiger partial charge is 0.248 e. The number of carbonyl (C=O) groups is 2. The quantitative estimate of drug-likeness (QED) is 0.778. The highest BCUT2D eigenvalue weighted by Crippen LogP contribution is 2.21. The van der Waals surface area contributed by atoms with Crippen molar-refractivity contribution in [1.29, 1.82) is 0 Å². The van der Waals surface area contributed by atoms with Gasteiger partial charge in [0.05, 0.1) is 5.69 Å². The van der Waals surface area contributed by atoms with E-state index in [2.05, 4.69) is 10.6 Å². The van der Waals surface area contributed by atoms with Gasteiger partial charge in [0.25, 0.3) is 0 Å². The first kappa shape index (κ1) is 14.5. The Bertz CT molecular complexity index is 533. The van der Waals surface area contributed by atoms with Gasteiger partial charge in [0.2, 0.25) is 11.8 Å². The molecule has 0 bridgehead atoms. The first-order chi connectivity index (χ1) is 9.47. The second kappa shape index (κ2) is 6.00. The zero-order chi connectivity index (χ0) is 14.7. The van der Waals surface area contributed by atoms with Crippen molar-refractivity contribution in [3.63, 3.8) is 0 Å². The summed E-state index contributed by atoms with van der Waals surface area (Å²) in [7, 11) is 0.